The van der Waals surface area contributed by atoms with Crippen molar-refractivity contribution in [3.05, 3.63) is 62.8 Å². The zero-order valence-corrected chi connectivity index (χ0v) is 13.7. The molecule has 2 rings (SSSR count). The first kappa shape index (κ1) is 14.8. The summed E-state index contributed by atoms with van der Waals surface area (Å²) in [6.45, 7) is 0.233. The summed E-state index contributed by atoms with van der Waals surface area (Å²) in [7, 11) is 0. The Labute approximate surface area is 133 Å². The first-order valence-electron chi connectivity index (χ1n) is 5.51. The van der Waals surface area contributed by atoms with E-state index in [0.29, 0.717) is 10.4 Å². The minimum absolute atomic E-state index is 0.226. The summed E-state index contributed by atoms with van der Waals surface area (Å²) in [6.07, 6.45) is 0. The van der Waals surface area contributed by atoms with Gasteiger partial charge < -0.3 is 4.74 Å². The van der Waals surface area contributed by atoms with Crippen LogP contribution in [0.2, 0.25) is 5.02 Å². The van der Waals surface area contributed by atoms with E-state index in [1.807, 2.05) is 18.2 Å². The average molecular weight is 408 g/mol. The molecule has 0 amide bonds. The lowest BCUT2D eigenvalue weighted by Gasteiger charge is -2.09. The van der Waals surface area contributed by atoms with Crippen LogP contribution in [0.15, 0.2) is 40.9 Å². The first-order chi connectivity index (χ1) is 9.10. The number of hydrogen-bond donors (Lipinski definition) is 0. The zero-order chi connectivity index (χ0) is 13.8. The molecule has 100 valence electrons. The van der Waals surface area contributed by atoms with Gasteiger partial charge in [0.2, 0.25) is 0 Å². The second-order valence-electron chi connectivity index (χ2n) is 3.92. The van der Waals surface area contributed by atoms with Gasteiger partial charge in [0.25, 0.3) is 0 Å². The number of halogens is 4. The average Bonchev–Trinajstić information content (AvgIpc) is 2.39. The molecule has 0 unspecified atom stereocenters. The third-order valence-corrected chi connectivity index (χ3v) is 4.04. The van der Waals surface area contributed by atoms with Crippen molar-refractivity contribution in [2.45, 2.75) is 11.9 Å². The van der Waals surface area contributed by atoms with Gasteiger partial charge in [0.1, 0.15) is 6.61 Å². The fourth-order valence-electron chi connectivity index (χ4n) is 1.54. The van der Waals surface area contributed by atoms with Crippen molar-refractivity contribution in [1.29, 1.82) is 0 Å². The molecule has 0 atom stereocenters. The Balaban J connectivity index is 2.10. The molecule has 0 bridgehead atoms. The van der Waals surface area contributed by atoms with Gasteiger partial charge in [-0.25, -0.2) is 4.39 Å². The van der Waals surface area contributed by atoms with Crippen molar-refractivity contribution in [2.24, 2.45) is 0 Å². The molecule has 1 nitrogen and oxygen atoms in total. The van der Waals surface area contributed by atoms with Crippen molar-refractivity contribution in [3.63, 3.8) is 0 Å². The number of benzene rings is 2. The maximum atomic E-state index is 13.7. The molecule has 5 heteroatoms. The topological polar surface area (TPSA) is 9.23 Å². The molecule has 0 fully saturated rings. The van der Waals surface area contributed by atoms with E-state index in [4.69, 9.17) is 16.3 Å². The Morgan fingerprint density at radius 3 is 2.58 bits per heavy atom. The number of ether oxygens (including phenoxy) is 1. The first-order valence-corrected chi connectivity index (χ1v) is 7.80. The fourth-order valence-corrected chi connectivity index (χ4v) is 2.62. The van der Waals surface area contributed by atoms with Gasteiger partial charge in [-0.05, 0) is 29.8 Å². The van der Waals surface area contributed by atoms with Crippen LogP contribution >= 0.6 is 43.5 Å². The SMILES string of the molecule is Fc1cc(CBr)ccc1OCc1ccc(Br)cc1Cl. The van der Waals surface area contributed by atoms with Crippen LogP contribution in [-0.4, -0.2) is 0 Å². The molecule has 0 saturated carbocycles. The standard InChI is InChI=1S/C14H10Br2ClFO/c15-7-9-1-4-14(13(18)5-9)19-8-10-2-3-11(16)6-12(10)17/h1-6H,7-8H2. The van der Waals surface area contributed by atoms with E-state index in [9.17, 15) is 4.39 Å². The Kier molecular flexibility index (Phi) is 5.25. The van der Waals surface area contributed by atoms with Crippen LogP contribution in [0, 0.1) is 5.82 Å². The third kappa shape index (κ3) is 3.94. The van der Waals surface area contributed by atoms with E-state index in [-0.39, 0.29) is 18.2 Å². The van der Waals surface area contributed by atoms with Gasteiger partial charge >= 0.3 is 0 Å². The lowest BCUT2D eigenvalue weighted by atomic mass is 10.2. The molecule has 19 heavy (non-hydrogen) atoms. The summed E-state index contributed by atoms with van der Waals surface area (Å²) < 4.78 is 20.1. The van der Waals surface area contributed by atoms with E-state index in [1.165, 1.54) is 6.07 Å². The molecule has 0 radical (unpaired) electrons. The number of rotatable bonds is 4. The minimum atomic E-state index is -0.370. The van der Waals surface area contributed by atoms with Crippen LogP contribution in [-0.2, 0) is 11.9 Å². The van der Waals surface area contributed by atoms with Crippen LogP contribution < -0.4 is 4.74 Å². The maximum Gasteiger partial charge on any atom is 0.165 e. The second-order valence-corrected chi connectivity index (χ2v) is 5.81. The molecule has 0 heterocycles. The van der Waals surface area contributed by atoms with Crippen LogP contribution in [0.25, 0.3) is 0 Å². The molecule has 0 saturated heterocycles. The highest BCUT2D eigenvalue weighted by atomic mass is 79.9. The summed E-state index contributed by atoms with van der Waals surface area (Å²) in [5, 5.41) is 1.20. The van der Waals surface area contributed by atoms with Gasteiger partial charge in [-0.15, -0.1) is 0 Å². The van der Waals surface area contributed by atoms with Crippen LogP contribution in [0.3, 0.4) is 0 Å². The van der Waals surface area contributed by atoms with Crippen molar-refractivity contribution in [2.75, 3.05) is 0 Å². The van der Waals surface area contributed by atoms with Crippen molar-refractivity contribution < 1.29 is 9.13 Å². The molecule has 2 aromatic rings. The molecule has 0 aliphatic heterocycles. The quantitative estimate of drug-likeness (QED) is 0.589. The zero-order valence-electron chi connectivity index (χ0n) is 9.80. The minimum Gasteiger partial charge on any atom is -0.486 e. The van der Waals surface area contributed by atoms with E-state index >= 15 is 0 Å². The summed E-state index contributed by atoms with van der Waals surface area (Å²) in [4.78, 5) is 0. The van der Waals surface area contributed by atoms with E-state index in [1.54, 1.807) is 12.1 Å². The van der Waals surface area contributed by atoms with Crippen LogP contribution in [0.1, 0.15) is 11.1 Å². The highest BCUT2D eigenvalue weighted by Crippen LogP contribution is 2.25. The Bertz CT molecular complexity index is 590. The molecular formula is C14H10Br2ClFO. The molecule has 2 aromatic carbocycles. The van der Waals surface area contributed by atoms with Gasteiger partial charge in [-0.1, -0.05) is 55.6 Å². The molecule has 0 aliphatic rings. The predicted molar refractivity (Wildman–Crippen MR) is 82.5 cm³/mol. The fraction of sp³-hybridized carbons (Fsp3) is 0.143. The van der Waals surface area contributed by atoms with Crippen LogP contribution in [0.4, 0.5) is 4.39 Å². The smallest absolute Gasteiger partial charge is 0.165 e. The molecular weight excluding hydrogens is 398 g/mol. The van der Waals surface area contributed by atoms with Gasteiger partial charge in [-0.2, -0.15) is 0 Å². The highest BCUT2D eigenvalue weighted by Gasteiger charge is 2.07. The normalized spacial score (nSPS) is 10.5. The van der Waals surface area contributed by atoms with Gasteiger partial charge in [0.15, 0.2) is 11.6 Å². The van der Waals surface area contributed by atoms with Gasteiger partial charge in [0, 0.05) is 20.4 Å². The predicted octanol–water partition coefficient (Wildman–Crippen LogP) is 5.72. The summed E-state index contributed by atoms with van der Waals surface area (Å²) in [6, 6.07) is 10.4. The Morgan fingerprint density at radius 1 is 1.16 bits per heavy atom. The third-order valence-electron chi connectivity index (χ3n) is 2.55. The highest BCUT2D eigenvalue weighted by molar-refractivity contribution is 9.10. The number of hydrogen-bond acceptors (Lipinski definition) is 1. The van der Waals surface area contributed by atoms with Crippen molar-refractivity contribution >= 4 is 43.5 Å². The van der Waals surface area contributed by atoms with Gasteiger partial charge in [0.05, 0.1) is 0 Å². The van der Waals surface area contributed by atoms with Crippen molar-refractivity contribution in [3.8, 4) is 5.75 Å². The summed E-state index contributed by atoms with van der Waals surface area (Å²) in [5.41, 5.74) is 1.68. The van der Waals surface area contributed by atoms with E-state index < -0.39 is 0 Å². The molecule has 0 spiro atoms. The monoisotopic (exact) mass is 406 g/mol. The lowest BCUT2D eigenvalue weighted by molar-refractivity contribution is 0.290. The van der Waals surface area contributed by atoms with Crippen molar-refractivity contribution in [1.82, 2.24) is 0 Å². The van der Waals surface area contributed by atoms with E-state index in [0.717, 1.165) is 15.6 Å². The Morgan fingerprint density at radius 2 is 1.95 bits per heavy atom. The largest absolute Gasteiger partial charge is 0.486 e. The second kappa shape index (κ2) is 6.73. The molecule has 0 aromatic heterocycles. The summed E-state index contributed by atoms with van der Waals surface area (Å²) >= 11 is 12.7. The van der Waals surface area contributed by atoms with Gasteiger partial charge in [-0.3, -0.25) is 0 Å². The number of alkyl halides is 1. The van der Waals surface area contributed by atoms with E-state index in [2.05, 4.69) is 31.9 Å². The maximum absolute atomic E-state index is 13.7. The Hall–Kier alpha value is -0.580. The molecule has 0 aliphatic carbocycles. The molecule has 0 N–H and O–H groups in total. The summed E-state index contributed by atoms with van der Waals surface area (Å²) in [5.74, 6) is -0.145. The van der Waals surface area contributed by atoms with Crippen LogP contribution in [0.5, 0.6) is 5.75 Å². The lowest BCUT2D eigenvalue weighted by Crippen LogP contribution is -1.98.